The zero-order valence-electron chi connectivity index (χ0n) is 8.59. The van der Waals surface area contributed by atoms with Crippen LogP contribution in [0.25, 0.3) is 10.9 Å². The molecule has 0 aliphatic heterocycles. The second kappa shape index (κ2) is 4.94. The molecule has 0 fully saturated rings. The van der Waals surface area contributed by atoms with Crippen molar-refractivity contribution in [2.24, 2.45) is 0 Å². The highest BCUT2D eigenvalue weighted by Crippen LogP contribution is 2.16. The van der Waals surface area contributed by atoms with Crippen molar-refractivity contribution in [1.82, 2.24) is 10.3 Å². The zero-order chi connectivity index (χ0) is 10.5. The van der Waals surface area contributed by atoms with E-state index in [0.29, 0.717) is 6.42 Å². The molecule has 0 atom stereocenters. The summed E-state index contributed by atoms with van der Waals surface area (Å²) in [5.74, 6) is 0. The number of benzene rings is 1. The predicted octanol–water partition coefficient (Wildman–Crippen LogP) is 2.62. The van der Waals surface area contributed by atoms with Crippen molar-refractivity contribution in [1.29, 1.82) is 0 Å². The van der Waals surface area contributed by atoms with Gasteiger partial charge in [-0.25, -0.2) is 0 Å². The van der Waals surface area contributed by atoms with E-state index < -0.39 is 0 Å². The topological polar surface area (TPSA) is 27.8 Å². The molecule has 0 saturated heterocycles. The number of rotatable bonds is 5. The Morgan fingerprint density at radius 1 is 1.27 bits per heavy atom. The summed E-state index contributed by atoms with van der Waals surface area (Å²) in [6.07, 6.45) is 2.53. The molecule has 0 amide bonds. The number of nitrogens with one attached hydrogen (secondary N) is 2. The van der Waals surface area contributed by atoms with Crippen molar-refractivity contribution in [3.8, 4) is 0 Å². The van der Waals surface area contributed by atoms with Crippen molar-refractivity contribution >= 4 is 10.9 Å². The van der Waals surface area contributed by atoms with Crippen LogP contribution < -0.4 is 5.32 Å². The van der Waals surface area contributed by atoms with Gasteiger partial charge in [0.15, 0.2) is 0 Å². The lowest BCUT2D eigenvalue weighted by molar-refractivity contribution is 0.459. The summed E-state index contributed by atoms with van der Waals surface area (Å²) in [4.78, 5) is 3.17. The molecule has 2 rings (SSSR count). The first-order chi connectivity index (χ1) is 7.42. The van der Waals surface area contributed by atoms with E-state index in [1.165, 1.54) is 10.9 Å². The lowest BCUT2D eigenvalue weighted by Crippen LogP contribution is -2.15. The van der Waals surface area contributed by atoms with Gasteiger partial charge in [0.05, 0.1) is 6.67 Å². The van der Waals surface area contributed by atoms with Gasteiger partial charge in [0.2, 0.25) is 0 Å². The summed E-state index contributed by atoms with van der Waals surface area (Å²) in [6, 6.07) is 8.26. The molecule has 2 nitrogen and oxygen atoms in total. The third kappa shape index (κ3) is 2.36. The molecule has 15 heavy (non-hydrogen) atoms. The summed E-state index contributed by atoms with van der Waals surface area (Å²) in [6.45, 7) is 1.29. The van der Waals surface area contributed by atoms with Crippen molar-refractivity contribution < 1.29 is 4.39 Å². The molecule has 80 valence electrons. The first kappa shape index (κ1) is 10.2. The second-order valence-electron chi connectivity index (χ2n) is 3.58. The number of aromatic amines is 1. The molecule has 0 aliphatic rings. The number of fused-ring (bicyclic) bond motifs is 1. The fourth-order valence-electron chi connectivity index (χ4n) is 1.72. The monoisotopic (exact) mass is 206 g/mol. The van der Waals surface area contributed by atoms with Gasteiger partial charge in [-0.3, -0.25) is 4.39 Å². The van der Waals surface area contributed by atoms with Crippen LogP contribution in [0.2, 0.25) is 0 Å². The number of hydrogen-bond donors (Lipinski definition) is 2. The Balaban J connectivity index is 2.04. The summed E-state index contributed by atoms with van der Waals surface area (Å²) < 4.78 is 11.9. The van der Waals surface area contributed by atoms with E-state index in [0.717, 1.165) is 18.6 Å². The minimum Gasteiger partial charge on any atom is -0.361 e. The van der Waals surface area contributed by atoms with Crippen LogP contribution in [0.1, 0.15) is 12.0 Å². The molecule has 1 aromatic carbocycles. The van der Waals surface area contributed by atoms with E-state index in [1.807, 2.05) is 12.3 Å². The number of halogens is 1. The standard InChI is InChI=1S/C12H15FN2/c13-6-2-7-14-9-10-3-1-4-12-11(10)5-8-15-12/h1,3-5,8,14-15H,2,6-7,9H2. The van der Waals surface area contributed by atoms with Crippen LogP contribution >= 0.6 is 0 Å². The van der Waals surface area contributed by atoms with Gasteiger partial charge in [0.25, 0.3) is 0 Å². The van der Waals surface area contributed by atoms with E-state index in [2.05, 4.69) is 28.5 Å². The van der Waals surface area contributed by atoms with Crippen molar-refractivity contribution in [3.63, 3.8) is 0 Å². The van der Waals surface area contributed by atoms with Crippen molar-refractivity contribution in [3.05, 3.63) is 36.0 Å². The first-order valence-electron chi connectivity index (χ1n) is 5.23. The third-order valence-electron chi connectivity index (χ3n) is 2.49. The van der Waals surface area contributed by atoms with Gasteiger partial charge in [-0.1, -0.05) is 12.1 Å². The largest absolute Gasteiger partial charge is 0.361 e. The fraction of sp³-hybridized carbons (Fsp3) is 0.333. The van der Waals surface area contributed by atoms with Crippen LogP contribution in [0, 0.1) is 0 Å². The molecular weight excluding hydrogens is 191 g/mol. The molecule has 2 aromatic rings. The Hall–Kier alpha value is -1.35. The fourth-order valence-corrected chi connectivity index (χ4v) is 1.72. The van der Waals surface area contributed by atoms with Gasteiger partial charge in [0.1, 0.15) is 0 Å². The van der Waals surface area contributed by atoms with Crippen LogP contribution in [0.4, 0.5) is 4.39 Å². The second-order valence-corrected chi connectivity index (χ2v) is 3.58. The summed E-state index contributed by atoms with van der Waals surface area (Å²) in [7, 11) is 0. The lowest BCUT2D eigenvalue weighted by atomic mass is 10.1. The SMILES string of the molecule is FCCCNCc1cccc2[nH]ccc12. The predicted molar refractivity (Wildman–Crippen MR) is 60.6 cm³/mol. The van der Waals surface area contributed by atoms with E-state index in [4.69, 9.17) is 0 Å². The summed E-state index contributed by atoms with van der Waals surface area (Å²) in [5.41, 5.74) is 2.41. The van der Waals surface area contributed by atoms with Gasteiger partial charge >= 0.3 is 0 Å². The molecule has 1 aromatic heterocycles. The van der Waals surface area contributed by atoms with Gasteiger partial charge in [0, 0.05) is 23.6 Å². The van der Waals surface area contributed by atoms with Crippen molar-refractivity contribution in [2.75, 3.05) is 13.2 Å². The molecule has 0 spiro atoms. The maximum atomic E-state index is 11.9. The minimum absolute atomic E-state index is 0.249. The molecule has 0 unspecified atom stereocenters. The molecule has 0 bridgehead atoms. The smallest absolute Gasteiger partial charge is 0.0906 e. The minimum atomic E-state index is -0.249. The van der Waals surface area contributed by atoms with Crippen LogP contribution in [0.3, 0.4) is 0 Å². The highest BCUT2D eigenvalue weighted by molar-refractivity contribution is 5.82. The maximum absolute atomic E-state index is 11.9. The van der Waals surface area contributed by atoms with Crippen LogP contribution in [0.5, 0.6) is 0 Å². The molecule has 0 radical (unpaired) electrons. The number of hydrogen-bond acceptors (Lipinski definition) is 1. The highest BCUT2D eigenvalue weighted by Gasteiger charge is 2.00. The van der Waals surface area contributed by atoms with E-state index in [1.54, 1.807) is 0 Å². The van der Waals surface area contributed by atoms with Gasteiger partial charge in [-0.2, -0.15) is 0 Å². The van der Waals surface area contributed by atoms with Crippen LogP contribution in [-0.4, -0.2) is 18.2 Å². The quantitative estimate of drug-likeness (QED) is 0.723. The van der Waals surface area contributed by atoms with E-state index in [9.17, 15) is 4.39 Å². The molecular formula is C12H15FN2. The van der Waals surface area contributed by atoms with Gasteiger partial charge < -0.3 is 10.3 Å². The maximum Gasteiger partial charge on any atom is 0.0906 e. The molecule has 1 heterocycles. The number of H-pyrrole nitrogens is 1. The number of aromatic nitrogens is 1. The zero-order valence-corrected chi connectivity index (χ0v) is 8.59. The molecule has 0 aliphatic carbocycles. The highest BCUT2D eigenvalue weighted by atomic mass is 19.1. The summed E-state index contributed by atoms with van der Waals surface area (Å²) in [5, 5.41) is 4.47. The summed E-state index contributed by atoms with van der Waals surface area (Å²) >= 11 is 0. The lowest BCUT2D eigenvalue weighted by Gasteiger charge is -2.04. The first-order valence-corrected chi connectivity index (χ1v) is 5.23. The van der Waals surface area contributed by atoms with E-state index >= 15 is 0 Å². The van der Waals surface area contributed by atoms with Crippen molar-refractivity contribution in [2.45, 2.75) is 13.0 Å². The average molecular weight is 206 g/mol. The van der Waals surface area contributed by atoms with E-state index in [-0.39, 0.29) is 6.67 Å². The Bertz CT molecular complexity index is 422. The Kier molecular flexibility index (Phi) is 3.35. The normalized spacial score (nSPS) is 11.0. The van der Waals surface area contributed by atoms with Crippen LogP contribution in [-0.2, 0) is 6.54 Å². The average Bonchev–Trinajstić information content (AvgIpc) is 2.73. The third-order valence-corrected chi connectivity index (χ3v) is 2.49. The van der Waals surface area contributed by atoms with Gasteiger partial charge in [-0.05, 0) is 30.7 Å². The molecule has 3 heteroatoms. The van der Waals surface area contributed by atoms with Crippen LogP contribution in [0.15, 0.2) is 30.5 Å². The Labute approximate surface area is 88.5 Å². The Morgan fingerprint density at radius 3 is 3.07 bits per heavy atom. The molecule has 0 saturated carbocycles. The Morgan fingerprint density at radius 2 is 2.20 bits per heavy atom. The number of alkyl halides is 1. The van der Waals surface area contributed by atoms with Gasteiger partial charge in [-0.15, -0.1) is 0 Å². The molecule has 2 N–H and O–H groups in total.